The highest BCUT2D eigenvalue weighted by molar-refractivity contribution is 7.11. The van der Waals surface area contributed by atoms with Gasteiger partial charge < -0.3 is 4.90 Å². The number of fused-ring (bicyclic) bond motifs is 1. The van der Waals surface area contributed by atoms with Crippen LogP contribution in [0.5, 0.6) is 0 Å². The summed E-state index contributed by atoms with van der Waals surface area (Å²) in [7, 11) is 1.87. The largest absolute Gasteiger partial charge is 0.340 e. The molecule has 2 aromatic rings. The lowest BCUT2D eigenvalue weighted by atomic mass is 9.90. The summed E-state index contributed by atoms with van der Waals surface area (Å²) in [6.07, 6.45) is 4.16. The van der Waals surface area contributed by atoms with Crippen molar-refractivity contribution >= 4 is 28.8 Å². The fourth-order valence-corrected chi connectivity index (χ4v) is 4.81. The number of aryl methyl sites for hydroxylation is 3. The average Bonchev–Trinajstić information content (AvgIpc) is 3.11. The topological polar surface area (TPSA) is 59.0 Å². The first-order valence-electron chi connectivity index (χ1n) is 7.63. The van der Waals surface area contributed by atoms with E-state index >= 15 is 0 Å². The zero-order chi connectivity index (χ0) is 15.7. The smallest absolute Gasteiger partial charge is 0.267 e. The summed E-state index contributed by atoms with van der Waals surface area (Å²) in [6, 6.07) is 0. The van der Waals surface area contributed by atoms with Gasteiger partial charge in [-0.05, 0) is 44.1 Å². The Labute approximate surface area is 138 Å². The van der Waals surface area contributed by atoms with E-state index in [2.05, 4.69) is 16.5 Å². The molecule has 0 radical (unpaired) electrons. The maximum Gasteiger partial charge on any atom is 0.267 e. The fraction of sp³-hybridized carbons (Fsp3) is 0.600. The summed E-state index contributed by atoms with van der Waals surface area (Å²) < 4.78 is 3.92. The molecule has 0 spiro atoms. The van der Waals surface area contributed by atoms with Gasteiger partial charge in [-0.3, -0.25) is 4.79 Å². The van der Waals surface area contributed by atoms with E-state index in [1.165, 1.54) is 28.5 Å². The molecule has 2 heterocycles. The molecule has 1 aliphatic rings. The minimum atomic E-state index is 0.0333. The molecule has 0 N–H and O–H groups in total. The molecule has 1 amide bonds. The Morgan fingerprint density at radius 2 is 2.27 bits per heavy atom. The van der Waals surface area contributed by atoms with Gasteiger partial charge in [0.05, 0.1) is 16.4 Å². The molecular weight excluding hydrogens is 316 g/mol. The van der Waals surface area contributed by atoms with Gasteiger partial charge in [-0.1, -0.05) is 11.4 Å². The zero-order valence-electron chi connectivity index (χ0n) is 13.1. The van der Waals surface area contributed by atoms with Crippen LogP contribution < -0.4 is 0 Å². The van der Waals surface area contributed by atoms with Crippen LogP contribution in [0.25, 0.3) is 0 Å². The van der Waals surface area contributed by atoms with Crippen LogP contribution in [0.4, 0.5) is 0 Å². The van der Waals surface area contributed by atoms with E-state index in [0.717, 1.165) is 36.5 Å². The van der Waals surface area contributed by atoms with E-state index in [9.17, 15) is 4.79 Å². The summed E-state index contributed by atoms with van der Waals surface area (Å²) in [5.74, 6) is 0.388. The van der Waals surface area contributed by atoms with Crippen molar-refractivity contribution in [2.24, 2.45) is 0 Å². The Hall–Kier alpha value is -1.34. The van der Waals surface area contributed by atoms with Gasteiger partial charge in [0.2, 0.25) is 0 Å². The molecule has 118 valence electrons. The van der Waals surface area contributed by atoms with Gasteiger partial charge in [-0.2, -0.15) is 0 Å². The van der Waals surface area contributed by atoms with Crippen LogP contribution in [-0.2, 0) is 12.8 Å². The molecule has 1 atom stereocenters. The Morgan fingerprint density at radius 1 is 1.45 bits per heavy atom. The molecule has 3 rings (SSSR count). The second-order valence-corrected chi connectivity index (χ2v) is 7.76. The Balaban J connectivity index is 1.75. The van der Waals surface area contributed by atoms with E-state index in [4.69, 9.17) is 4.98 Å². The van der Waals surface area contributed by atoms with Crippen LogP contribution >= 0.6 is 22.9 Å². The summed E-state index contributed by atoms with van der Waals surface area (Å²) >= 11 is 3.00. The van der Waals surface area contributed by atoms with E-state index in [-0.39, 0.29) is 5.91 Å². The first-order chi connectivity index (χ1) is 10.6. The van der Waals surface area contributed by atoms with Gasteiger partial charge >= 0.3 is 0 Å². The molecule has 0 saturated carbocycles. The highest BCUT2D eigenvalue weighted by Gasteiger charge is 2.27. The van der Waals surface area contributed by atoms with Gasteiger partial charge in [-0.15, -0.1) is 16.4 Å². The minimum absolute atomic E-state index is 0.0333. The molecule has 1 aliphatic carbocycles. The number of aromatic nitrogens is 3. The van der Waals surface area contributed by atoms with Crippen molar-refractivity contribution in [2.75, 3.05) is 13.6 Å². The lowest BCUT2D eigenvalue weighted by Gasteiger charge is -2.26. The Bertz CT molecular complexity index is 679. The molecule has 0 unspecified atom stereocenters. The van der Waals surface area contributed by atoms with Crippen LogP contribution in [0, 0.1) is 6.92 Å². The summed E-state index contributed by atoms with van der Waals surface area (Å²) in [4.78, 5) is 21.2. The molecule has 0 bridgehead atoms. The summed E-state index contributed by atoms with van der Waals surface area (Å²) in [5, 5.41) is 5.16. The minimum Gasteiger partial charge on any atom is -0.340 e. The lowest BCUT2D eigenvalue weighted by molar-refractivity contribution is 0.0786. The lowest BCUT2D eigenvalue weighted by Crippen LogP contribution is -2.32. The van der Waals surface area contributed by atoms with Crippen molar-refractivity contribution in [3.05, 3.63) is 26.1 Å². The molecule has 2 aromatic heterocycles. The van der Waals surface area contributed by atoms with Gasteiger partial charge in [-0.25, -0.2) is 4.98 Å². The van der Waals surface area contributed by atoms with Crippen molar-refractivity contribution in [3.63, 3.8) is 0 Å². The average molecular weight is 336 g/mol. The van der Waals surface area contributed by atoms with E-state index in [1.807, 2.05) is 18.9 Å². The predicted octanol–water partition coefficient (Wildman–Crippen LogP) is 3.06. The third-order valence-corrected chi connectivity index (χ3v) is 5.91. The third kappa shape index (κ3) is 2.92. The highest BCUT2D eigenvalue weighted by atomic mass is 32.1. The Kier molecular flexibility index (Phi) is 4.54. The van der Waals surface area contributed by atoms with Crippen LogP contribution in [0.3, 0.4) is 0 Å². The number of hydrogen-bond acceptors (Lipinski definition) is 6. The fourth-order valence-electron chi connectivity index (χ4n) is 3.00. The maximum atomic E-state index is 12.6. The van der Waals surface area contributed by atoms with E-state index in [1.54, 1.807) is 11.3 Å². The number of rotatable bonds is 4. The SMILES string of the molecule is CCc1nnsc1C(=O)N(C)C[C@@H]1CCCc2sc(C)nc21. The molecule has 7 heteroatoms. The monoisotopic (exact) mass is 336 g/mol. The molecule has 0 fully saturated rings. The van der Waals surface area contributed by atoms with Crippen LogP contribution in [0.1, 0.15) is 56.6 Å². The Morgan fingerprint density at radius 3 is 3.05 bits per heavy atom. The van der Waals surface area contributed by atoms with Gasteiger partial charge in [0.15, 0.2) is 0 Å². The number of hydrogen-bond donors (Lipinski definition) is 0. The summed E-state index contributed by atoms with van der Waals surface area (Å²) in [5.41, 5.74) is 2.02. The third-order valence-electron chi connectivity index (χ3n) is 4.10. The predicted molar refractivity (Wildman–Crippen MR) is 88.8 cm³/mol. The van der Waals surface area contributed by atoms with Crippen molar-refractivity contribution < 1.29 is 4.79 Å². The number of carbonyl (C=O) groups excluding carboxylic acids is 1. The van der Waals surface area contributed by atoms with E-state index in [0.29, 0.717) is 10.8 Å². The first kappa shape index (κ1) is 15.6. The summed E-state index contributed by atoms with van der Waals surface area (Å²) in [6.45, 7) is 4.78. The maximum absolute atomic E-state index is 12.6. The number of thiazole rings is 1. The molecule has 22 heavy (non-hydrogen) atoms. The standard InChI is InChI=1S/C15H20N4OS2/c1-4-11-14(22-18-17-11)15(20)19(3)8-10-6-5-7-12-13(10)16-9(2)21-12/h10H,4-8H2,1-3H3/t10-/m0/s1. The van der Waals surface area contributed by atoms with Crippen molar-refractivity contribution in [1.29, 1.82) is 0 Å². The van der Waals surface area contributed by atoms with Crippen molar-refractivity contribution in [3.8, 4) is 0 Å². The number of nitrogens with zero attached hydrogens (tertiary/aromatic N) is 4. The van der Waals surface area contributed by atoms with Gasteiger partial charge in [0.25, 0.3) is 5.91 Å². The quantitative estimate of drug-likeness (QED) is 0.861. The number of likely N-dealkylation sites (N-methyl/N-ethyl adjacent to an activating group) is 1. The second kappa shape index (κ2) is 6.42. The highest BCUT2D eigenvalue weighted by Crippen LogP contribution is 2.35. The van der Waals surface area contributed by atoms with Crippen LogP contribution in [0.15, 0.2) is 0 Å². The normalized spacial score (nSPS) is 17.3. The zero-order valence-corrected chi connectivity index (χ0v) is 14.8. The molecule has 0 aliphatic heterocycles. The molecular formula is C15H20N4OS2. The number of amides is 1. The van der Waals surface area contributed by atoms with Crippen LogP contribution in [-0.4, -0.2) is 39.0 Å². The number of carbonyl (C=O) groups is 1. The van der Waals surface area contributed by atoms with Gasteiger partial charge in [0, 0.05) is 24.4 Å². The van der Waals surface area contributed by atoms with Crippen molar-refractivity contribution in [2.45, 2.75) is 45.4 Å². The second-order valence-electron chi connectivity index (χ2n) is 5.72. The van der Waals surface area contributed by atoms with E-state index < -0.39 is 0 Å². The molecule has 0 saturated heterocycles. The van der Waals surface area contributed by atoms with Gasteiger partial charge in [0.1, 0.15) is 4.88 Å². The molecule has 5 nitrogen and oxygen atoms in total. The first-order valence-corrected chi connectivity index (χ1v) is 9.22. The molecule has 0 aromatic carbocycles. The van der Waals surface area contributed by atoms with Crippen molar-refractivity contribution in [1.82, 2.24) is 19.5 Å². The van der Waals surface area contributed by atoms with Crippen LogP contribution in [0.2, 0.25) is 0 Å².